The zero-order valence-electron chi connectivity index (χ0n) is 9.36. The molecular formula is C12H10INO3. The molecule has 2 aromatic rings. The highest BCUT2D eigenvalue weighted by Gasteiger charge is 2.13. The number of benzene rings is 1. The number of halogens is 1. The Kier molecular flexibility index (Phi) is 3.19. The van der Waals surface area contributed by atoms with E-state index in [1.165, 1.54) is 18.4 Å². The van der Waals surface area contributed by atoms with E-state index in [1.807, 2.05) is 18.2 Å². The van der Waals surface area contributed by atoms with Crippen LogP contribution >= 0.6 is 22.6 Å². The summed E-state index contributed by atoms with van der Waals surface area (Å²) in [6.07, 6.45) is 1.55. The van der Waals surface area contributed by atoms with Crippen LogP contribution in [0.3, 0.4) is 0 Å². The van der Waals surface area contributed by atoms with Crippen LogP contribution in [0.5, 0.6) is 5.75 Å². The smallest absolute Gasteiger partial charge is 0.308 e. The van der Waals surface area contributed by atoms with E-state index in [0.29, 0.717) is 5.75 Å². The predicted octanol–water partition coefficient (Wildman–Crippen LogP) is 2.83. The largest absolute Gasteiger partial charge is 0.424 e. The number of nitrogens with zero attached hydrogens (tertiary/aromatic N) is 1. The number of rotatable bonds is 1. The third kappa shape index (κ3) is 2.33. The van der Waals surface area contributed by atoms with Crippen molar-refractivity contribution in [3.63, 3.8) is 0 Å². The van der Waals surface area contributed by atoms with E-state index < -0.39 is 5.97 Å². The first-order chi connectivity index (χ1) is 7.99. The second-order valence-electron chi connectivity index (χ2n) is 3.64. The minimum Gasteiger partial charge on any atom is -0.424 e. The molecule has 0 aliphatic heterocycles. The predicted molar refractivity (Wildman–Crippen MR) is 72.3 cm³/mol. The van der Waals surface area contributed by atoms with E-state index >= 15 is 0 Å². The monoisotopic (exact) mass is 343 g/mol. The maximum atomic E-state index is 11.5. The minimum absolute atomic E-state index is 0.115. The molecule has 0 aliphatic rings. The van der Waals surface area contributed by atoms with Gasteiger partial charge in [-0.1, -0.05) is 0 Å². The SMILES string of the molecule is CC(=O)Oc1cn(C(C)=O)c2cc(I)ccc12. The molecule has 0 fully saturated rings. The van der Waals surface area contributed by atoms with Crippen LogP contribution in [0.15, 0.2) is 24.4 Å². The maximum Gasteiger partial charge on any atom is 0.308 e. The first-order valence-electron chi connectivity index (χ1n) is 4.99. The van der Waals surface area contributed by atoms with Crippen molar-refractivity contribution in [3.05, 3.63) is 28.0 Å². The number of carbonyl (C=O) groups is 2. The number of carbonyl (C=O) groups excluding carboxylic acids is 2. The van der Waals surface area contributed by atoms with E-state index in [-0.39, 0.29) is 5.91 Å². The minimum atomic E-state index is -0.397. The molecule has 17 heavy (non-hydrogen) atoms. The van der Waals surface area contributed by atoms with E-state index in [9.17, 15) is 9.59 Å². The fourth-order valence-corrected chi connectivity index (χ4v) is 2.14. The van der Waals surface area contributed by atoms with E-state index in [0.717, 1.165) is 14.5 Å². The summed E-state index contributed by atoms with van der Waals surface area (Å²) in [4.78, 5) is 22.5. The summed E-state index contributed by atoms with van der Waals surface area (Å²) in [6, 6.07) is 5.62. The maximum absolute atomic E-state index is 11.5. The van der Waals surface area contributed by atoms with E-state index in [1.54, 1.807) is 6.20 Å². The summed E-state index contributed by atoms with van der Waals surface area (Å²) in [6.45, 7) is 2.81. The van der Waals surface area contributed by atoms with Crippen molar-refractivity contribution >= 4 is 45.4 Å². The van der Waals surface area contributed by atoms with Crippen molar-refractivity contribution in [2.75, 3.05) is 0 Å². The first-order valence-corrected chi connectivity index (χ1v) is 6.07. The highest BCUT2D eigenvalue weighted by Crippen LogP contribution is 2.29. The molecule has 0 bridgehead atoms. The second kappa shape index (κ2) is 4.48. The van der Waals surface area contributed by atoms with Gasteiger partial charge in [-0.05, 0) is 40.8 Å². The number of fused-ring (bicyclic) bond motifs is 1. The van der Waals surface area contributed by atoms with Crippen molar-refractivity contribution in [1.29, 1.82) is 0 Å². The van der Waals surface area contributed by atoms with Gasteiger partial charge in [-0.25, -0.2) is 0 Å². The zero-order chi connectivity index (χ0) is 12.6. The standard InChI is InChI=1S/C12H10INO3/c1-7(15)14-6-12(17-8(2)16)10-4-3-9(13)5-11(10)14/h3-6H,1-2H3. The molecule has 0 atom stereocenters. The van der Waals surface area contributed by atoms with Crippen LogP contribution in [-0.2, 0) is 4.79 Å². The van der Waals surface area contributed by atoms with Gasteiger partial charge >= 0.3 is 5.97 Å². The van der Waals surface area contributed by atoms with Gasteiger partial charge in [0.15, 0.2) is 5.75 Å². The second-order valence-corrected chi connectivity index (χ2v) is 4.88. The Hall–Kier alpha value is -1.37. The van der Waals surface area contributed by atoms with Crippen molar-refractivity contribution in [2.45, 2.75) is 13.8 Å². The van der Waals surface area contributed by atoms with E-state index in [4.69, 9.17) is 4.74 Å². The quantitative estimate of drug-likeness (QED) is 0.591. The van der Waals surface area contributed by atoms with Crippen LogP contribution in [0.2, 0.25) is 0 Å². The Bertz CT molecular complexity index is 615. The highest BCUT2D eigenvalue weighted by molar-refractivity contribution is 14.1. The van der Waals surface area contributed by atoms with Gasteiger partial charge in [0.05, 0.1) is 11.7 Å². The highest BCUT2D eigenvalue weighted by atomic mass is 127. The van der Waals surface area contributed by atoms with E-state index in [2.05, 4.69) is 22.6 Å². The third-order valence-corrected chi connectivity index (χ3v) is 3.00. The lowest BCUT2D eigenvalue weighted by molar-refractivity contribution is -0.131. The van der Waals surface area contributed by atoms with Gasteiger partial charge in [0.2, 0.25) is 5.91 Å². The van der Waals surface area contributed by atoms with Crippen LogP contribution in [-0.4, -0.2) is 16.4 Å². The molecule has 0 spiro atoms. The summed E-state index contributed by atoms with van der Waals surface area (Å²) in [5.74, 6) is -0.0966. The summed E-state index contributed by atoms with van der Waals surface area (Å²) < 4.78 is 7.58. The van der Waals surface area contributed by atoms with Gasteiger partial charge in [0.25, 0.3) is 0 Å². The van der Waals surface area contributed by atoms with Crippen molar-refractivity contribution in [2.24, 2.45) is 0 Å². The zero-order valence-corrected chi connectivity index (χ0v) is 11.5. The molecule has 1 aromatic heterocycles. The number of esters is 1. The molecule has 0 saturated heterocycles. The summed E-state index contributed by atoms with van der Waals surface area (Å²) in [5, 5.41) is 0.760. The van der Waals surface area contributed by atoms with Crippen LogP contribution < -0.4 is 4.74 Å². The normalized spacial score (nSPS) is 10.5. The molecule has 0 radical (unpaired) electrons. The lowest BCUT2D eigenvalue weighted by Gasteiger charge is -1.98. The van der Waals surface area contributed by atoms with Crippen molar-refractivity contribution < 1.29 is 14.3 Å². The Balaban J connectivity index is 2.70. The molecule has 0 aliphatic carbocycles. The number of hydrogen-bond donors (Lipinski definition) is 0. The fraction of sp³-hybridized carbons (Fsp3) is 0.167. The van der Waals surface area contributed by atoms with Gasteiger partial charge in [-0.3, -0.25) is 14.2 Å². The molecule has 0 N–H and O–H groups in total. The summed E-state index contributed by atoms with van der Waals surface area (Å²) >= 11 is 2.17. The first kappa shape index (κ1) is 12.1. The average Bonchev–Trinajstić information content (AvgIpc) is 2.55. The molecule has 0 amide bonds. The summed E-state index contributed by atoms with van der Waals surface area (Å²) in [5.41, 5.74) is 0.751. The topological polar surface area (TPSA) is 48.3 Å². The third-order valence-electron chi connectivity index (χ3n) is 2.32. The molecule has 1 aromatic carbocycles. The molecular weight excluding hydrogens is 333 g/mol. The van der Waals surface area contributed by atoms with Crippen LogP contribution in [0.1, 0.15) is 18.6 Å². The molecule has 4 nitrogen and oxygen atoms in total. The average molecular weight is 343 g/mol. The molecule has 0 unspecified atom stereocenters. The van der Waals surface area contributed by atoms with Crippen LogP contribution in [0, 0.1) is 3.57 Å². The lowest BCUT2D eigenvalue weighted by Crippen LogP contribution is -2.03. The molecule has 2 rings (SSSR count). The van der Waals surface area contributed by atoms with Crippen molar-refractivity contribution in [1.82, 2.24) is 4.57 Å². The number of aromatic nitrogens is 1. The fourth-order valence-electron chi connectivity index (χ4n) is 1.67. The number of hydrogen-bond acceptors (Lipinski definition) is 3. The van der Waals surface area contributed by atoms with Gasteiger partial charge in [-0.2, -0.15) is 0 Å². The lowest BCUT2D eigenvalue weighted by atomic mass is 10.2. The van der Waals surface area contributed by atoms with Gasteiger partial charge in [0, 0.05) is 22.8 Å². The van der Waals surface area contributed by atoms with Crippen molar-refractivity contribution in [3.8, 4) is 5.75 Å². The Morgan fingerprint density at radius 2 is 2.00 bits per heavy atom. The molecule has 1 heterocycles. The Morgan fingerprint density at radius 1 is 1.29 bits per heavy atom. The summed E-state index contributed by atoms with van der Waals surface area (Å²) in [7, 11) is 0. The Labute approximate surface area is 112 Å². The van der Waals surface area contributed by atoms with Crippen LogP contribution in [0.25, 0.3) is 10.9 Å². The molecule has 5 heteroatoms. The van der Waals surface area contributed by atoms with Gasteiger partial charge < -0.3 is 4.74 Å². The molecule has 88 valence electrons. The van der Waals surface area contributed by atoms with Gasteiger partial charge in [-0.15, -0.1) is 0 Å². The molecule has 0 saturated carbocycles. The van der Waals surface area contributed by atoms with Gasteiger partial charge in [0.1, 0.15) is 0 Å². The van der Waals surface area contributed by atoms with Crippen LogP contribution in [0.4, 0.5) is 0 Å². The Morgan fingerprint density at radius 3 is 2.59 bits per heavy atom. The number of ether oxygens (including phenoxy) is 1.